The summed E-state index contributed by atoms with van der Waals surface area (Å²) in [6, 6.07) is 13.2. The highest BCUT2D eigenvalue weighted by molar-refractivity contribution is 5.93. The zero-order valence-electron chi connectivity index (χ0n) is 13.2. The lowest BCUT2D eigenvalue weighted by Crippen LogP contribution is -2.20. The maximum atomic E-state index is 12.0. The second kappa shape index (κ2) is 7.50. The van der Waals surface area contributed by atoms with Crippen molar-refractivity contribution in [3.05, 3.63) is 53.6 Å². The zero-order valence-corrected chi connectivity index (χ0v) is 13.2. The molecule has 1 amide bonds. The van der Waals surface area contributed by atoms with Crippen molar-refractivity contribution in [2.75, 3.05) is 18.5 Å². The molecule has 0 aliphatic rings. The molecule has 0 saturated carbocycles. The number of rotatable bonds is 6. The molecule has 0 spiro atoms. The van der Waals surface area contributed by atoms with Gasteiger partial charge in [0.1, 0.15) is 11.5 Å². The van der Waals surface area contributed by atoms with Crippen LogP contribution in [0, 0.1) is 13.8 Å². The summed E-state index contributed by atoms with van der Waals surface area (Å²) in [5, 5.41) is 2.81. The highest BCUT2D eigenvalue weighted by atomic mass is 16.5. The van der Waals surface area contributed by atoms with Gasteiger partial charge in [0.05, 0.1) is 12.3 Å². The molecule has 0 fully saturated rings. The Bertz CT molecular complexity index is 653. The van der Waals surface area contributed by atoms with Crippen LogP contribution >= 0.6 is 0 Å². The minimum atomic E-state index is -0.216. The number of amides is 1. The maximum absolute atomic E-state index is 12.0. The van der Waals surface area contributed by atoms with Gasteiger partial charge in [0.2, 0.25) is 0 Å². The summed E-state index contributed by atoms with van der Waals surface area (Å²) < 4.78 is 11.1. The number of anilines is 1. The Balaban J connectivity index is 1.96. The van der Waals surface area contributed by atoms with Crippen molar-refractivity contribution < 1.29 is 14.3 Å². The van der Waals surface area contributed by atoms with Crippen molar-refractivity contribution in [3.63, 3.8) is 0 Å². The molecule has 0 bridgehead atoms. The summed E-state index contributed by atoms with van der Waals surface area (Å²) in [4.78, 5) is 12.0. The average Bonchev–Trinajstić information content (AvgIpc) is 2.48. The SMILES string of the molecule is CCOc1ccccc1NC(=O)COc1ccc(C)cc1C. The third-order valence-corrected chi connectivity index (χ3v) is 3.15. The summed E-state index contributed by atoms with van der Waals surface area (Å²) in [6.45, 7) is 6.40. The molecular weight excluding hydrogens is 278 g/mol. The van der Waals surface area contributed by atoms with Gasteiger partial charge in [-0.3, -0.25) is 4.79 Å². The molecule has 2 rings (SSSR count). The standard InChI is InChI=1S/C18H21NO3/c1-4-21-17-8-6-5-7-15(17)19-18(20)12-22-16-10-9-13(2)11-14(16)3/h5-11H,4,12H2,1-3H3,(H,19,20). The van der Waals surface area contributed by atoms with Crippen LogP contribution in [0.15, 0.2) is 42.5 Å². The molecule has 0 aromatic heterocycles. The normalized spacial score (nSPS) is 10.1. The van der Waals surface area contributed by atoms with E-state index in [0.29, 0.717) is 18.0 Å². The first-order valence-corrected chi connectivity index (χ1v) is 7.32. The Labute approximate surface area is 131 Å². The number of nitrogens with one attached hydrogen (secondary N) is 1. The second-order valence-corrected chi connectivity index (χ2v) is 5.03. The van der Waals surface area contributed by atoms with Crippen LogP contribution in [0.5, 0.6) is 11.5 Å². The van der Waals surface area contributed by atoms with E-state index in [4.69, 9.17) is 9.47 Å². The van der Waals surface area contributed by atoms with E-state index >= 15 is 0 Å². The van der Waals surface area contributed by atoms with E-state index in [1.54, 1.807) is 6.07 Å². The molecule has 0 heterocycles. The Morgan fingerprint density at radius 3 is 2.55 bits per heavy atom. The number of carbonyl (C=O) groups is 1. The van der Waals surface area contributed by atoms with E-state index in [1.165, 1.54) is 5.56 Å². The molecule has 2 aromatic carbocycles. The molecule has 0 saturated heterocycles. The largest absolute Gasteiger partial charge is 0.492 e. The molecule has 1 N–H and O–H groups in total. The van der Waals surface area contributed by atoms with Crippen LogP contribution in [0.1, 0.15) is 18.1 Å². The highest BCUT2D eigenvalue weighted by Gasteiger charge is 2.09. The van der Waals surface area contributed by atoms with Gasteiger partial charge in [-0.1, -0.05) is 29.8 Å². The zero-order chi connectivity index (χ0) is 15.9. The van der Waals surface area contributed by atoms with Gasteiger partial charge < -0.3 is 14.8 Å². The van der Waals surface area contributed by atoms with Crippen molar-refractivity contribution >= 4 is 11.6 Å². The Hall–Kier alpha value is -2.49. The molecule has 0 aliphatic carbocycles. The number of benzene rings is 2. The molecule has 4 nitrogen and oxygen atoms in total. The van der Waals surface area contributed by atoms with Crippen LogP contribution in [0.4, 0.5) is 5.69 Å². The van der Waals surface area contributed by atoms with Crippen molar-refractivity contribution in [1.29, 1.82) is 0 Å². The van der Waals surface area contributed by atoms with Crippen LogP contribution in [-0.4, -0.2) is 19.1 Å². The molecule has 4 heteroatoms. The minimum absolute atomic E-state index is 0.0373. The third-order valence-electron chi connectivity index (χ3n) is 3.15. The van der Waals surface area contributed by atoms with Gasteiger partial charge in [-0.2, -0.15) is 0 Å². The summed E-state index contributed by atoms with van der Waals surface area (Å²) in [5.41, 5.74) is 2.83. The van der Waals surface area contributed by atoms with E-state index in [1.807, 2.05) is 57.2 Å². The second-order valence-electron chi connectivity index (χ2n) is 5.03. The van der Waals surface area contributed by atoms with E-state index in [0.717, 1.165) is 11.3 Å². The number of para-hydroxylation sites is 2. The molecule has 116 valence electrons. The average molecular weight is 299 g/mol. The molecule has 0 atom stereocenters. The van der Waals surface area contributed by atoms with E-state index in [-0.39, 0.29) is 12.5 Å². The lowest BCUT2D eigenvalue weighted by Gasteiger charge is -2.12. The first-order chi connectivity index (χ1) is 10.6. The maximum Gasteiger partial charge on any atom is 0.262 e. The minimum Gasteiger partial charge on any atom is -0.492 e. The van der Waals surface area contributed by atoms with Gasteiger partial charge >= 0.3 is 0 Å². The van der Waals surface area contributed by atoms with E-state index in [9.17, 15) is 4.79 Å². The fraction of sp³-hybridized carbons (Fsp3) is 0.278. The third kappa shape index (κ3) is 4.25. The van der Waals surface area contributed by atoms with Crippen molar-refractivity contribution in [3.8, 4) is 11.5 Å². The number of aryl methyl sites for hydroxylation is 2. The predicted molar refractivity (Wildman–Crippen MR) is 87.7 cm³/mol. The first kappa shape index (κ1) is 15.9. The van der Waals surface area contributed by atoms with Crippen LogP contribution in [-0.2, 0) is 4.79 Å². The summed E-state index contributed by atoms with van der Waals surface area (Å²) in [6.07, 6.45) is 0. The topological polar surface area (TPSA) is 47.6 Å². The fourth-order valence-corrected chi connectivity index (χ4v) is 2.14. The van der Waals surface area contributed by atoms with Gasteiger partial charge in [0.15, 0.2) is 6.61 Å². The summed E-state index contributed by atoms with van der Waals surface area (Å²) >= 11 is 0. The molecular formula is C18H21NO3. The first-order valence-electron chi connectivity index (χ1n) is 7.32. The molecule has 0 aliphatic heterocycles. The lowest BCUT2D eigenvalue weighted by molar-refractivity contribution is -0.118. The smallest absolute Gasteiger partial charge is 0.262 e. The lowest BCUT2D eigenvalue weighted by atomic mass is 10.1. The highest BCUT2D eigenvalue weighted by Crippen LogP contribution is 2.24. The van der Waals surface area contributed by atoms with Gasteiger partial charge in [-0.25, -0.2) is 0 Å². The molecule has 0 unspecified atom stereocenters. The summed E-state index contributed by atoms with van der Waals surface area (Å²) in [5.74, 6) is 1.16. The Kier molecular flexibility index (Phi) is 5.42. The van der Waals surface area contributed by atoms with Crippen molar-refractivity contribution in [1.82, 2.24) is 0 Å². The summed E-state index contributed by atoms with van der Waals surface area (Å²) in [7, 11) is 0. The fourth-order valence-electron chi connectivity index (χ4n) is 2.14. The predicted octanol–water partition coefficient (Wildman–Crippen LogP) is 3.72. The number of ether oxygens (including phenoxy) is 2. The van der Waals surface area contributed by atoms with Crippen LogP contribution in [0.25, 0.3) is 0 Å². The Morgan fingerprint density at radius 2 is 1.82 bits per heavy atom. The van der Waals surface area contributed by atoms with Crippen LogP contribution in [0.2, 0.25) is 0 Å². The van der Waals surface area contributed by atoms with Gasteiger partial charge in [0, 0.05) is 0 Å². The number of hydrogen-bond donors (Lipinski definition) is 1. The number of carbonyl (C=O) groups excluding carboxylic acids is 1. The van der Waals surface area contributed by atoms with Gasteiger partial charge in [-0.15, -0.1) is 0 Å². The molecule has 2 aromatic rings. The monoisotopic (exact) mass is 299 g/mol. The van der Waals surface area contributed by atoms with Gasteiger partial charge in [0.25, 0.3) is 5.91 Å². The van der Waals surface area contributed by atoms with Crippen LogP contribution < -0.4 is 14.8 Å². The van der Waals surface area contributed by atoms with Crippen molar-refractivity contribution in [2.45, 2.75) is 20.8 Å². The van der Waals surface area contributed by atoms with Gasteiger partial charge in [-0.05, 0) is 44.5 Å². The van der Waals surface area contributed by atoms with Crippen LogP contribution in [0.3, 0.4) is 0 Å². The quantitative estimate of drug-likeness (QED) is 0.884. The van der Waals surface area contributed by atoms with E-state index < -0.39 is 0 Å². The number of hydrogen-bond acceptors (Lipinski definition) is 3. The van der Waals surface area contributed by atoms with E-state index in [2.05, 4.69) is 5.32 Å². The molecule has 0 radical (unpaired) electrons. The van der Waals surface area contributed by atoms with Crippen molar-refractivity contribution in [2.24, 2.45) is 0 Å². The Morgan fingerprint density at radius 1 is 1.05 bits per heavy atom. The molecule has 22 heavy (non-hydrogen) atoms.